The van der Waals surface area contributed by atoms with Gasteiger partial charge in [-0.1, -0.05) is 0 Å². The number of halogens is 7. The predicted octanol–water partition coefficient (Wildman–Crippen LogP) is 4.23. The third-order valence-corrected chi connectivity index (χ3v) is 4.84. The number of aromatic nitrogens is 4. The van der Waals surface area contributed by atoms with Gasteiger partial charge in [-0.15, -0.1) is 0 Å². The SMILES string of the molecule is Cn1cc(C(F)(F)F)nc1N1CCC(CNc2nc(Cl)ncc2C(F)(F)F)CC1. The molecule has 6 nitrogen and oxygen atoms in total. The Morgan fingerprint density at radius 3 is 2.31 bits per heavy atom. The lowest BCUT2D eigenvalue weighted by Crippen LogP contribution is -2.37. The van der Waals surface area contributed by atoms with Gasteiger partial charge in [0.25, 0.3) is 0 Å². The van der Waals surface area contributed by atoms with Crippen LogP contribution in [0.1, 0.15) is 24.1 Å². The molecule has 1 saturated heterocycles. The van der Waals surface area contributed by atoms with Crippen LogP contribution in [-0.2, 0) is 19.4 Å². The van der Waals surface area contributed by atoms with Crippen molar-refractivity contribution >= 4 is 23.4 Å². The largest absolute Gasteiger partial charge is 0.434 e. The third-order valence-electron chi connectivity index (χ3n) is 4.66. The summed E-state index contributed by atoms with van der Waals surface area (Å²) in [6, 6.07) is 0. The van der Waals surface area contributed by atoms with Crippen LogP contribution in [0.2, 0.25) is 5.28 Å². The van der Waals surface area contributed by atoms with Crippen LogP contribution in [-0.4, -0.2) is 39.2 Å². The van der Waals surface area contributed by atoms with Crippen molar-refractivity contribution in [2.75, 3.05) is 29.9 Å². The average Bonchev–Trinajstić information content (AvgIpc) is 3.01. The molecule has 29 heavy (non-hydrogen) atoms. The summed E-state index contributed by atoms with van der Waals surface area (Å²) in [5, 5.41) is 2.38. The number of rotatable bonds is 4. The number of aryl methyl sites for hydroxylation is 1. The highest BCUT2D eigenvalue weighted by Crippen LogP contribution is 2.34. The maximum atomic E-state index is 13.0. The van der Waals surface area contributed by atoms with Gasteiger partial charge >= 0.3 is 12.4 Å². The molecule has 0 unspecified atom stereocenters. The minimum Gasteiger partial charge on any atom is -0.369 e. The van der Waals surface area contributed by atoms with Gasteiger partial charge in [0.05, 0.1) is 0 Å². The fraction of sp³-hybridized carbons (Fsp3) is 0.562. The number of hydrogen-bond acceptors (Lipinski definition) is 5. The number of nitrogens with zero attached hydrogens (tertiary/aromatic N) is 5. The Labute approximate surface area is 166 Å². The van der Waals surface area contributed by atoms with Crippen LogP contribution >= 0.6 is 11.6 Å². The second-order valence-corrected chi connectivity index (χ2v) is 7.08. The molecule has 160 valence electrons. The Kier molecular flexibility index (Phi) is 5.84. The van der Waals surface area contributed by atoms with Crippen LogP contribution in [0.15, 0.2) is 12.4 Å². The third kappa shape index (κ3) is 5.03. The van der Waals surface area contributed by atoms with Crippen LogP contribution in [0, 0.1) is 5.92 Å². The molecular weight excluding hydrogens is 426 g/mol. The number of alkyl halides is 6. The van der Waals surface area contributed by atoms with Crippen LogP contribution in [0.25, 0.3) is 0 Å². The van der Waals surface area contributed by atoms with Crippen LogP contribution in [0.4, 0.5) is 38.1 Å². The molecule has 1 N–H and O–H groups in total. The van der Waals surface area contributed by atoms with Crippen molar-refractivity contribution in [3.63, 3.8) is 0 Å². The zero-order chi connectivity index (χ0) is 21.4. The van der Waals surface area contributed by atoms with Crippen molar-refractivity contribution in [3.05, 3.63) is 28.9 Å². The van der Waals surface area contributed by atoms with Crippen molar-refractivity contribution in [2.24, 2.45) is 13.0 Å². The van der Waals surface area contributed by atoms with Gasteiger partial charge in [-0.05, 0) is 30.4 Å². The molecule has 2 aromatic heterocycles. The second kappa shape index (κ2) is 7.88. The second-order valence-electron chi connectivity index (χ2n) is 6.75. The monoisotopic (exact) mass is 442 g/mol. The Morgan fingerprint density at radius 1 is 1.10 bits per heavy atom. The van der Waals surface area contributed by atoms with Gasteiger partial charge in [-0.25, -0.2) is 15.0 Å². The number of nitrogens with one attached hydrogen (secondary N) is 1. The van der Waals surface area contributed by atoms with Crippen molar-refractivity contribution in [1.29, 1.82) is 0 Å². The summed E-state index contributed by atoms with van der Waals surface area (Å²) in [4.78, 5) is 12.4. The van der Waals surface area contributed by atoms with Crippen molar-refractivity contribution < 1.29 is 26.3 Å². The molecule has 0 saturated carbocycles. The molecule has 13 heteroatoms. The molecular formula is C16H17ClF6N6. The molecule has 0 radical (unpaired) electrons. The van der Waals surface area contributed by atoms with Crippen molar-refractivity contribution in [2.45, 2.75) is 25.2 Å². The quantitative estimate of drug-likeness (QED) is 0.567. The van der Waals surface area contributed by atoms with Gasteiger partial charge in [0, 0.05) is 39.1 Å². The average molecular weight is 443 g/mol. The summed E-state index contributed by atoms with van der Waals surface area (Å²) < 4.78 is 78.9. The maximum absolute atomic E-state index is 13.0. The molecule has 0 amide bonds. The molecule has 1 aliphatic heterocycles. The van der Waals surface area contributed by atoms with E-state index in [1.165, 1.54) is 11.6 Å². The Balaban J connectivity index is 1.60. The minimum atomic E-state index is -4.62. The topological polar surface area (TPSA) is 58.9 Å². The first-order valence-corrected chi connectivity index (χ1v) is 9.02. The molecule has 0 bridgehead atoms. The van der Waals surface area contributed by atoms with Gasteiger partial charge in [0.2, 0.25) is 11.2 Å². The lowest BCUT2D eigenvalue weighted by atomic mass is 9.97. The fourth-order valence-corrected chi connectivity index (χ4v) is 3.30. The smallest absolute Gasteiger partial charge is 0.369 e. The van der Waals surface area contributed by atoms with E-state index in [9.17, 15) is 26.3 Å². The molecule has 0 aromatic carbocycles. The van der Waals surface area contributed by atoms with Crippen LogP contribution < -0.4 is 10.2 Å². The number of piperidine rings is 1. The molecule has 3 rings (SSSR count). The summed E-state index contributed by atoms with van der Waals surface area (Å²) in [6.07, 6.45) is -6.44. The molecule has 0 aliphatic carbocycles. The zero-order valence-electron chi connectivity index (χ0n) is 15.1. The number of hydrogen-bond donors (Lipinski definition) is 1. The lowest BCUT2D eigenvalue weighted by molar-refractivity contribution is -0.141. The zero-order valence-corrected chi connectivity index (χ0v) is 15.9. The highest BCUT2D eigenvalue weighted by atomic mass is 35.5. The van der Waals surface area contributed by atoms with E-state index in [4.69, 9.17) is 11.6 Å². The minimum absolute atomic E-state index is 0.0171. The van der Waals surface area contributed by atoms with Crippen LogP contribution in [0.5, 0.6) is 0 Å². The fourth-order valence-electron chi connectivity index (χ4n) is 3.17. The predicted molar refractivity (Wildman–Crippen MR) is 93.7 cm³/mol. The summed E-state index contributed by atoms with van der Waals surface area (Å²) in [5.74, 6) is -0.159. The van der Waals surface area contributed by atoms with Crippen molar-refractivity contribution in [3.8, 4) is 0 Å². The summed E-state index contributed by atoms with van der Waals surface area (Å²) in [6.45, 7) is 1.09. The molecule has 1 fully saturated rings. The van der Waals surface area contributed by atoms with Crippen molar-refractivity contribution in [1.82, 2.24) is 19.5 Å². The number of anilines is 2. The van der Waals surface area contributed by atoms with E-state index in [0.29, 0.717) is 32.1 Å². The van der Waals surface area contributed by atoms with E-state index in [2.05, 4.69) is 20.3 Å². The highest BCUT2D eigenvalue weighted by Gasteiger charge is 2.36. The number of imidazole rings is 1. The first kappa shape index (κ1) is 21.5. The molecule has 0 atom stereocenters. The van der Waals surface area contributed by atoms with E-state index in [0.717, 1.165) is 6.20 Å². The molecule has 2 aromatic rings. The van der Waals surface area contributed by atoms with Gasteiger partial charge in [-0.2, -0.15) is 26.3 Å². The summed E-state index contributed by atoms with van der Waals surface area (Å²) in [5.41, 5.74) is -1.97. The lowest BCUT2D eigenvalue weighted by Gasteiger charge is -2.32. The van der Waals surface area contributed by atoms with E-state index in [1.54, 1.807) is 4.90 Å². The van der Waals surface area contributed by atoms with Gasteiger partial charge in [0.15, 0.2) is 5.69 Å². The molecule has 0 spiro atoms. The Bertz CT molecular complexity index is 857. The Hall–Kier alpha value is -2.24. The molecule has 3 heterocycles. The highest BCUT2D eigenvalue weighted by molar-refractivity contribution is 6.28. The van der Waals surface area contributed by atoms with E-state index in [1.807, 2.05) is 0 Å². The Morgan fingerprint density at radius 2 is 1.76 bits per heavy atom. The first-order chi connectivity index (χ1) is 13.4. The van der Waals surface area contributed by atoms with Crippen LogP contribution in [0.3, 0.4) is 0 Å². The van der Waals surface area contributed by atoms with E-state index in [-0.39, 0.29) is 29.5 Å². The molecule has 1 aliphatic rings. The summed E-state index contributed by atoms with van der Waals surface area (Å²) in [7, 11) is 1.49. The van der Waals surface area contributed by atoms with Gasteiger partial charge in [-0.3, -0.25) is 0 Å². The van der Waals surface area contributed by atoms with Gasteiger partial charge < -0.3 is 14.8 Å². The maximum Gasteiger partial charge on any atom is 0.434 e. The van der Waals surface area contributed by atoms with E-state index >= 15 is 0 Å². The first-order valence-electron chi connectivity index (χ1n) is 8.64. The van der Waals surface area contributed by atoms with Gasteiger partial charge in [0.1, 0.15) is 11.4 Å². The van der Waals surface area contributed by atoms with E-state index < -0.39 is 23.6 Å². The standard InChI is InChI=1S/C16H17ClF6N6/c1-28-8-11(16(21,22)23)26-14(28)29-4-2-9(3-5-29)6-24-12-10(15(18,19)20)7-25-13(17)27-12/h7-9H,2-6H2,1H3,(H,24,25,27). The summed E-state index contributed by atoms with van der Waals surface area (Å²) >= 11 is 5.60. The normalized spacial score (nSPS) is 16.3.